The molecule has 1 aromatic rings. The van der Waals surface area contributed by atoms with E-state index in [2.05, 4.69) is 10.2 Å². The van der Waals surface area contributed by atoms with E-state index in [1.807, 2.05) is 6.07 Å². The molecule has 6 nitrogen and oxygen atoms in total. The summed E-state index contributed by atoms with van der Waals surface area (Å²) in [7, 11) is 0. The van der Waals surface area contributed by atoms with Gasteiger partial charge in [0.2, 0.25) is 5.16 Å². The minimum atomic E-state index is -0.362. The fourth-order valence-corrected chi connectivity index (χ4v) is 1.45. The summed E-state index contributed by atoms with van der Waals surface area (Å²) in [6.45, 7) is 1.54. The Morgan fingerprint density at radius 2 is 2.36 bits per heavy atom. The molecule has 0 aromatic carbocycles. The molecule has 0 saturated heterocycles. The summed E-state index contributed by atoms with van der Waals surface area (Å²) in [4.78, 5) is 11.3. The van der Waals surface area contributed by atoms with Crippen LogP contribution in [0.3, 0.4) is 0 Å². The van der Waals surface area contributed by atoms with Crippen LogP contribution in [0.1, 0.15) is 12.1 Å². The van der Waals surface area contributed by atoms with E-state index in [9.17, 15) is 4.79 Å². The highest BCUT2D eigenvalue weighted by Crippen LogP contribution is 2.11. The van der Waals surface area contributed by atoms with Crippen molar-refractivity contribution in [2.45, 2.75) is 18.5 Å². The summed E-state index contributed by atoms with van der Waals surface area (Å²) in [5.74, 6) is 6.01. The van der Waals surface area contributed by atoms with Gasteiger partial charge in [-0.25, -0.2) is 0 Å². The number of thioether (sulfide) groups is 1. The second-order valence-corrected chi connectivity index (χ2v) is 3.56. The van der Waals surface area contributed by atoms with Gasteiger partial charge in [-0.15, -0.1) is 10.2 Å². The lowest BCUT2D eigenvalue weighted by molar-refractivity contribution is 0.681. The number of rotatable bonds is 3. The first-order chi connectivity index (χ1) is 6.66. The molecule has 0 unspecified atom stereocenters. The average Bonchev–Trinajstić information content (AvgIpc) is 2.18. The van der Waals surface area contributed by atoms with Crippen LogP contribution in [0, 0.1) is 18.3 Å². The van der Waals surface area contributed by atoms with Crippen LogP contribution in [0.25, 0.3) is 0 Å². The van der Waals surface area contributed by atoms with Gasteiger partial charge < -0.3 is 5.84 Å². The fourth-order valence-electron chi connectivity index (χ4n) is 0.756. The maximum absolute atomic E-state index is 11.3. The van der Waals surface area contributed by atoms with Crippen LogP contribution < -0.4 is 11.4 Å². The Balaban J connectivity index is 2.85. The van der Waals surface area contributed by atoms with Crippen LogP contribution in [0.15, 0.2) is 9.95 Å². The first kappa shape index (κ1) is 10.5. The number of nitrogen functional groups attached to an aromatic ring is 1. The lowest BCUT2D eigenvalue weighted by Gasteiger charge is -2.03. The lowest BCUT2D eigenvalue weighted by Crippen LogP contribution is -2.32. The van der Waals surface area contributed by atoms with E-state index in [1.54, 1.807) is 6.92 Å². The van der Waals surface area contributed by atoms with Gasteiger partial charge in [-0.1, -0.05) is 11.8 Å². The standard InChI is InChI=1S/C7H9N5OS/c1-5-6(13)12(9)7(11-10-5)14-4-2-3-8/h2,4,9H2,1H3. The quantitative estimate of drug-likeness (QED) is 0.417. The first-order valence-electron chi connectivity index (χ1n) is 3.88. The van der Waals surface area contributed by atoms with Crippen LogP contribution in [0.2, 0.25) is 0 Å². The molecule has 0 aliphatic rings. The second kappa shape index (κ2) is 4.62. The monoisotopic (exact) mass is 211 g/mol. The zero-order valence-corrected chi connectivity index (χ0v) is 8.41. The van der Waals surface area contributed by atoms with Crippen molar-refractivity contribution in [3.05, 3.63) is 16.0 Å². The maximum Gasteiger partial charge on any atom is 0.294 e. The highest BCUT2D eigenvalue weighted by Gasteiger charge is 2.06. The van der Waals surface area contributed by atoms with Crippen molar-refractivity contribution in [3.63, 3.8) is 0 Å². The number of hydrogen-bond acceptors (Lipinski definition) is 6. The third-order valence-electron chi connectivity index (χ3n) is 1.46. The average molecular weight is 211 g/mol. The van der Waals surface area contributed by atoms with Gasteiger partial charge in [-0.3, -0.25) is 4.79 Å². The van der Waals surface area contributed by atoms with Gasteiger partial charge in [0.25, 0.3) is 5.56 Å². The van der Waals surface area contributed by atoms with Gasteiger partial charge in [0.1, 0.15) is 5.69 Å². The number of nitrogens with zero attached hydrogens (tertiary/aromatic N) is 4. The molecule has 1 aromatic heterocycles. The molecule has 0 fully saturated rings. The van der Waals surface area contributed by atoms with Crippen molar-refractivity contribution in [3.8, 4) is 6.07 Å². The molecule has 0 aliphatic carbocycles. The Bertz CT molecular complexity index is 421. The summed E-state index contributed by atoms with van der Waals surface area (Å²) < 4.78 is 0.949. The van der Waals surface area contributed by atoms with E-state index in [0.29, 0.717) is 17.3 Å². The Morgan fingerprint density at radius 1 is 1.64 bits per heavy atom. The SMILES string of the molecule is Cc1nnc(SCCC#N)n(N)c1=O. The van der Waals surface area contributed by atoms with Crippen LogP contribution in [0.4, 0.5) is 0 Å². The minimum Gasteiger partial charge on any atom is -0.334 e. The summed E-state index contributed by atoms with van der Waals surface area (Å²) in [6, 6.07) is 1.99. The van der Waals surface area contributed by atoms with Crippen molar-refractivity contribution >= 4 is 11.8 Å². The van der Waals surface area contributed by atoms with E-state index >= 15 is 0 Å². The Kier molecular flexibility index (Phi) is 3.48. The minimum absolute atomic E-state index is 0.261. The van der Waals surface area contributed by atoms with Crippen LogP contribution in [-0.2, 0) is 0 Å². The van der Waals surface area contributed by atoms with Crippen LogP contribution in [0.5, 0.6) is 0 Å². The molecule has 0 radical (unpaired) electrons. The van der Waals surface area contributed by atoms with Crippen LogP contribution >= 0.6 is 11.8 Å². The number of nitriles is 1. The zero-order valence-electron chi connectivity index (χ0n) is 7.60. The van der Waals surface area contributed by atoms with Gasteiger partial charge in [-0.05, 0) is 6.92 Å². The summed E-state index contributed by atoms with van der Waals surface area (Å²) in [5, 5.41) is 16.0. The van der Waals surface area contributed by atoms with E-state index < -0.39 is 0 Å². The van der Waals surface area contributed by atoms with Gasteiger partial charge >= 0.3 is 0 Å². The van der Waals surface area contributed by atoms with Crippen molar-refractivity contribution in [1.82, 2.24) is 14.9 Å². The Labute approximate surface area is 84.7 Å². The third kappa shape index (κ3) is 2.23. The lowest BCUT2D eigenvalue weighted by atomic mass is 10.5. The predicted molar refractivity (Wildman–Crippen MR) is 52.1 cm³/mol. The number of hydrogen-bond donors (Lipinski definition) is 1. The summed E-state index contributed by atoms with van der Waals surface area (Å²) >= 11 is 1.24. The van der Waals surface area contributed by atoms with E-state index in [4.69, 9.17) is 11.1 Å². The normalized spacial score (nSPS) is 9.71. The number of aryl methyl sites for hydroxylation is 1. The number of nitrogens with two attached hydrogens (primary N) is 1. The molecule has 1 rings (SSSR count). The van der Waals surface area contributed by atoms with Crippen molar-refractivity contribution in [2.24, 2.45) is 0 Å². The molecule has 74 valence electrons. The molecule has 0 aliphatic heterocycles. The van der Waals surface area contributed by atoms with Gasteiger partial charge in [0.15, 0.2) is 0 Å². The first-order valence-corrected chi connectivity index (χ1v) is 4.86. The molecule has 14 heavy (non-hydrogen) atoms. The van der Waals surface area contributed by atoms with Crippen molar-refractivity contribution in [2.75, 3.05) is 11.6 Å². The molecule has 2 N–H and O–H groups in total. The molecular weight excluding hydrogens is 202 g/mol. The van der Waals surface area contributed by atoms with Crippen molar-refractivity contribution < 1.29 is 0 Å². The highest BCUT2D eigenvalue weighted by atomic mass is 32.2. The molecule has 1 heterocycles. The molecule has 7 heteroatoms. The fraction of sp³-hybridized carbons (Fsp3) is 0.429. The van der Waals surface area contributed by atoms with Crippen LogP contribution in [-0.4, -0.2) is 20.6 Å². The smallest absolute Gasteiger partial charge is 0.294 e. The van der Waals surface area contributed by atoms with Crippen molar-refractivity contribution in [1.29, 1.82) is 5.26 Å². The topological polar surface area (TPSA) is 97.6 Å². The van der Waals surface area contributed by atoms with E-state index in [1.165, 1.54) is 11.8 Å². The second-order valence-electron chi connectivity index (χ2n) is 2.50. The summed E-state index contributed by atoms with van der Waals surface area (Å²) in [6.07, 6.45) is 0.383. The van der Waals surface area contributed by atoms with E-state index in [0.717, 1.165) is 4.68 Å². The molecule has 0 bridgehead atoms. The highest BCUT2D eigenvalue weighted by molar-refractivity contribution is 7.99. The molecule has 0 amide bonds. The Morgan fingerprint density at radius 3 is 3.00 bits per heavy atom. The maximum atomic E-state index is 11.3. The van der Waals surface area contributed by atoms with Gasteiger partial charge in [-0.2, -0.15) is 9.94 Å². The van der Waals surface area contributed by atoms with Gasteiger partial charge in [0, 0.05) is 12.2 Å². The molecule has 0 saturated carbocycles. The van der Waals surface area contributed by atoms with E-state index in [-0.39, 0.29) is 11.3 Å². The van der Waals surface area contributed by atoms with Gasteiger partial charge in [0.05, 0.1) is 6.07 Å². The summed E-state index contributed by atoms with van der Waals surface area (Å²) in [5.41, 5.74) is -0.100. The third-order valence-corrected chi connectivity index (χ3v) is 2.41. The Hall–Kier alpha value is -1.55. The predicted octanol–water partition coefficient (Wildman–Crippen LogP) is -0.334. The molecule has 0 spiro atoms. The zero-order chi connectivity index (χ0) is 10.6. The largest absolute Gasteiger partial charge is 0.334 e. The number of aromatic nitrogens is 3. The molecule has 0 atom stereocenters. The molecular formula is C7H9N5OS.